The van der Waals surface area contributed by atoms with Gasteiger partial charge in [0.25, 0.3) is 5.91 Å². The van der Waals surface area contributed by atoms with E-state index in [0.717, 1.165) is 13.0 Å². The average Bonchev–Trinajstić information content (AvgIpc) is 2.65. The summed E-state index contributed by atoms with van der Waals surface area (Å²) in [5, 5.41) is 6.56. The highest BCUT2D eigenvalue weighted by Crippen LogP contribution is 2.14. The Morgan fingerprint density at radius 3 is 2.40 bits per heavy atom. The van der Waals surface area contributed by atoms with E-state index in [1.54, 1.807) is 30.5 Å². The zero-order valence-electron chi connectivity index (χ0n) is 13.4. The third-order valence-electron chi connectivity index (χ3n) is 3.55. The van der Waals surface area contributed by atoms with Gasteiger partial charge in [0.2, 0.25) is 0 Å². The maximum Gasteiger partial charge on any atom is 0.275 e. The first-order valence-electron chi connectivity index (χ1n) is 7.87. The fourth-order valence-electron chi connectivity index (χ4n) is 2.24. The van der Waals surface area contributed by atoms with Gasteiger partial charge in [-0.1, -0.05) is 41.9 Å². The van der Waals surface area contributed by atoms with Crippen molar-refractivity contribution >= 4 is 29.0 Å². The molecule has 0 atom stereocenters. The molecule has 0 unspecified atom stereocenters. The van der Waals surface area contributed by atoms with Crippen LogP contribution in [0.5, 0.6) is 0 Å². The van der Waals surface area contributed by atoms with E-state index >= 15 is 0 Å². The molecular formula is C19H17ClN4O. The van der Waals surface area contributed by atoms with E-state index in [1.165, 1.54) is 11.8 Å². The molecule has 3 aromatic rings. The molecule has 0 radical (unpaired) electrons. The van der Waals surface area contributed by atoms with Crippen LogP contribution in [0, 0.1) is 0 Å². The highest BCUT2D eigenvalue weighted by Gasteiger charge is 2.08. The number of anilines is 2. The van der Waals surface area contributed by atoms with Crippen LogP contribution in [-0.2, 0) is 6.42 Å². The Balaban J connectivity index is 1.52. The van der Waals surface area contributed by atoms with Crippen molar-refractivity contribution in [2.24, 2.45) is 0 Å². The van der Waals surface area contributed by atoms with Gasteiger partial charge in [0.15, 0.2) is 0 Å². The van der Waals surface area contributed by atoms with Gasteiger partial charge in [0.1, 0.15) is 11.5 Å². The third-order valence-corrected chi connectivity index (χ3v) is 3.80. The number of aromatic nitrogens is 2. The van der Waals surface area contributed by atoms with E-state index in [9.17, 15) is 4.79 Å². The van der Waals surface area contributed by atoms with Gasteiger partial charge in [-0.15, -0.1) is 0 Å². The first-order valence-corrected chi connectivity index (χ1v) is 8.25. The van der Waals surface area contributed by atoms with Gasteiger partial charge in [-0.05, 0) is 36.2 Å². The SMILES string of the molecule is O=C(Nc1ccc(Cl)cc1)c1cnc(NCCc2ccccc2)cn1. The molecule has 6 heteroatoms. The number of rotatable bonds is 6. The Hall–Kier alpha value is -2.92. The molecule has 3 rings (SSSR count). The van der Waals surface area contributed by atoms with Crippen LogP contribution < -0.4 is 10.6 Å². The zero-order valence-corrected chi connectivity index (χ0v) is 14.2. The largest absolute Gasteiger partial charge is 0.368 e. The molecule has 0 saturated carbocycles. The average molecular weight is 353 g/mol. The van der Waals surface area contributed by atoms with Crippen molar-refractivity contribution in [3.8, 4) is 0 Å². The highest BCUT2D eigenvalue weighted by atomic mass is 35.5. The van der Waals surface area contributed by atoms with Gasteiger partial charge in [-0.3, -0.25) is 4.79 Å². The van der Waals surface area contributed by atoms with Gasteiger partial charge in [0, 0.05) is 17.3 Å². The van der Waals surface area contributed by atoms with Crippen LogP contribution in [0.15, 0.2) is 67.0 Å². The van der Waals surface area contributed by atoms with Gasteiger partial charge < -0.3 is 10.6 Å². The number of hydrogen-bond donors (Lipinski definition) is 2. The lowest BCUT2D eigenvalue weighted by Crippen LogP contribution is -2.14. The van der Waals surface area contributed by atoms with E-state index in [2.05, 4.69) is 32.7 Å². The molecule has 0 bridgehead atoms. The summed E-state index contributed by atoms with van der Waals surface area (Å²) >= 11 is 5.82. The number of benzene rings is 2. The summed E-state index contributed by atoms with van der Waals surface area (Å²) in [5.41, 5.74) is 2.16. The molecule has 1 aromatic heterocycles. The van der Waals surface area contributed by atoms with Crippen LogP contribution >= 0.6 is 11.6 Å². The predicted molar refractivity (Wildman–Crippen MR) is 100 cm³/mol. The van der Waals surface area contributed by atoms with Crippen LogP contribution in [0.25, 0.3) is 0 Å². The molecule has 2 N–H and O–H groups in total. The maximum absolute atomic E-state index is 12.1. The van der Waals surface area contributed by atoms with E-state index in [0.29, 0.717) is 16.5 Å². The number of carbonyl (C=O) groups is 1. The predicted octanol–water partition coefficient (Wildman–Crippen LogP) is 4.04. The van der Waals surface area contributed by atoms with Crippen LogP contribution in [0.4, 0.5) is 11.5 Å². The lowest BCUT2D eigenvalue weighted by atomic mass is 10.1. The summed E-state index contributed by atoms with van der Waals surface area (Å²) in [4.78, 5) is 20.5. The second-order valence-electron chi connectivity index (χ2n) is 5.41. The first kappa shape index (κ1) is 16.9. The van der Waals surface area contributed by atoms with Crippen molar-refractivity contribution in [2.45, 2.75) is 6.42 Å². The van der Waals surface area contributed by atoms with Crippen molar-refractivity contribution in [2.75, 3.05) is 17.2 Å². The van der Waals surface area contributed by atoms with Crippen LogP contribution in [-0.4, -0.2) is 22.4 Å². The summed E-state index contributed by atoms with van der Waals surface area (Å²) in [7, 11) is 0. The van der Waals surface area contributed by atoms with Crippen LogP contribution in [0.3, 0.4) is 0 Å². The summed E-state index contributed by atoms with van der Waals surface area (Å²) in [6.07, 6.45) is 3.90. The minimum absolute atomic E-state index is 0.253. The Labute approximate surface area is 151 Å². The minimum Gasteiger partial charge on any atom is -0.368 e. The Morgan fingerprint density at radius 2 is 1.72 bits per heavy atom. The van der Waals surface area contributed by atoms with Gasteiger partial charge in [-0.2, -0.15) is 0 Å². The molecule has 1 heterocycles. The van der Waals surface area contributed by atoms with Gasteiger partial charge in [0.05, 0.1) is 12.4 Å². The van der Waals surface area contributed by atoms with E-state index in [4.69, 9.17) is 11.6 Å². The monoisotopic (exact) mass is 352 g/mol. The summed E-state index contributed by atoms with van der Waals surface area (Å²) in [6.45, 7) is 0.745. The molecular weight excluding hydrogens is 336 g/mol. The van der Waals surface area contributed by atoms with Crippen LogP contribution in [0.2, 0.25) is 5.02 Å². The number of hydrogen-bond acceptors (Lipinski definition) is 4. The molecule has 25 heavy (non-hydrogen) atoms. The number of nitrogens with zero attached hydrogens (tertiary/aromatic N) is 2. The number of carbonyl (C=O) groups excluding carboxylic acids is 1. The van der Waals surface area contributed by atoms with E-state index < -0.39 is 0 Å². The molecule has 126 valence electrons. The second-order valence-corrected chi connectivity index (χ2v) is 5.85. The molecule has 0 aliphatic carbocycles. The maximum atomic E-state index is 12.1. The van der Waals surface area contributed by atoms with E-state index in [1.807, 2.05) is 18.2 Å². The molecule has 2 aromatic carbocycles. The Morgan fingerprint density at radius 1 is 0.960 bits per heavy atom. The lowest BCUT2D eigenvalue weighted by Gasteiger charge is -2.07. The van der Waals surface area contributed by atoms with Crippen LogP contribution in [0.1, 0.15) is 16.1 Å². The minimum atomic E-state index is -0.314. The quantitative estimate of drug-likeness (QED) is 0.702. The second kappa shape index (κ2) is 8.26. The first-order chi connectivity index (χ1) is 12.2. The molecule has 0 fully saturated rings. The number of nitrogens with one attached hydrogen (secondary N) is 2. The molecule has 0 saturated heterocycles. The zero-order chi connectivity index (χ0) is 17.5. The fourth-order valence-corrected chi connectivity index (χ4v) is 2.37. The summed E-state index contributed by atoms with van der Waals surface area (Å²) in [6, 6.07) is 17.1. The van der Waals surface area contributed by atoms with Crippen molar-refractivity contribution in [1.82, 2.24) is 9.97 Å². The van der Waals surface area contributed by atoms with E-state index in [-0.39, 0.29) is 11.6 Å². The molecule has 0 spiro atoms. The Kier molecular flexibility index (Phi) is 5.59. The van der Waals surface area contributed by atoms with Gasteiger partial charge in [-0.25, -0.2) is 9.97 Å². The standard InChI is InChI=1S/C19H17ClN4O/c20-15-6-8-16(9-7-15)24-19(25)17-12-23-18(13-22-17)21-11-10-14-4-2-1-3-5-14/h1-9,12-13H,10-11H2,(H,21,23)(H,24,25). The molecule has 0 aliphatic heterocycles. The third kappa shape index (κ3) is 5.02. The van der Waals surface area contributed by atoms with Crippen molar-refractivity contribution in [1.29, 1.82) is 0 Å². The fraction of sp³-hybridized carbons (Fsp3) is 0.105. The van der Waals surface area contributed by atoms with Crippen molar-refractivity contribution < 1.29 is 4.79 Å². The van der Waals surface area contributed by atoms with Crippen molar-refractivity contribution in [3.05, 3.63) is 83.3 Å². The van der Waals surface area contributed by atoms with Gasteiger partial charge >= 0.3 is 0 Å². The molecule has 0 aliphatic rings. The molecule has 1 amide bonds. The lowest BCUT2D eigenvalue weighted by molar-refractivity contribution is 0.102. The molecule has 5 nitrogen and oxygen atoms in total. The summed E-state index contributed by atoms with van der Waals surface area (Å²) in [5.74, 6) is 0.324. The van der Waals surface area contributed by atoms with Crippen molar-refractivity contribution in [3.63, 3.8) is 0 Å². The highest BCUT2D eigenvalue weighted by molar-refractivity contribution is 6.30. The summed E-state index contributed by atoms with van der Waals surface area (Å²) < 4.78 is 0. The topological polar surface area (TPSA) is 66.9 Å². The Bertz CT molecular complexity index is 820. The number of amides is 1. The normalized spacial score (nSPS) is 10.3. The number of halogens is 1. The smallest absolute Gasteiger partial charge is 0.275 e.